The van der Waals surface area contributed by atoms with Crippen LogP contribution in [0.25, 0.3) is 12.2 Å². The normalized spacial score (nSPS) is 11.1. The van der Waals surface area contributed by atoms with Gasteiger partial charge >= 0.3 is 0 Å². The fourth-order valence-electron chi connectivity index (χ4n) is 1.69. The van der Waals surface area contributed by atoms with E-state index in [9.17, 15) is 10.1 Å². The molecule has 0 unspecified atom stereocenters. The van der Waals surface area contributed by atoms with Crippen LogP contribution in [-0.4, -0.2) is 40.4 Å². The molecule has 0 bridgehead atoms. The second-order valence-electron chi connectivity index (χ2n) is 4.40. The number of nitro benzene ring substituents is 1. The van der Waals surface area contributed by atoms with Crippen molar-refractivity contribution in [3.63, 3.8) is 0 Å². The molecule has 2 aromatic rings. The van der Waals surface area contributed by atoms with Gasteiger partial charge in [0.1, 0.15) is 12.5 Å². The third-order valence-electron chi connectivity index (χ3n) is 2.77. The van der Waals surface area contributed by atoms with Crippen LogP contribution in [0.4, 0.5) is 5.69 Å². The summed E-state index contributed by atoms with van der Waals surface area (Å²) >= 11 is 0. The average molecular weight is 304 g/mol. The summed E-state index contributed by atoms with van der Waals surface area (Å²) in [5, 5.41) is 18.5. The first-order valence-electron chi connectivity index (χ1n) is 6.58. The molecule has 116 valence electrons. The van der Waals surface area contributed by atoms with Crippen molar-refractivity contribution in [3.8, 4) is 0 Å². The number of non-ortho nitro benzene ring substituents is 1. The minimum Gasteiger partial charge on any atom is -0.359 e. The van der Waals surface area contributed by atoms with Crippen molar-refractivity contribution >= 4 is 17.8 Å². The predicted octanol–water partition coefficient (Wildman–Crippen LogP) is 1.98. The van der Waals surface area contributed by atoms with E-state index >= 15 is 0 Å². The number of nitro groups is 1. The Morgan fingerprint density at radius 1 is 1.32 bits per heavy atom. The molecule has 0 N–H and O–H groups in total. The molecule has 0 amide bonds. The highest BCUT2D eigenvalue weighted by molar-refractivity contribution is 5.68. The Bertz CT molecular complexity index is 637. The summed E-state index contributed by atoms with van der Waals surface area (Å²) < 4.78 is 11.6. The lowest BCUT2D eigenvalue weighted by molar-refractivity contribution is -0.384. The molecule has 0 atom stereocenters. The maximum atomic E-state index is 10.6. The van der Waals surface area contributed by atoms with E-state index in [1.165, 1.54) is 12.1 Å². The zero-order chi connectivity index (χ0) is 15.8. The van der Waals surface area contributed by atoms with Gasteiger partial charge in [0.25, 0.3) is 5.69 Å². The summed E-state index contributed by atoms with van der Waals surface area (Å²) in [6.07, 6.45) is 5.40. The molecule has 0 radical (unpaired) electrons. The number of aromatic nitrogens is 3. The summed E-state index contributed by atoms with van der Waals surface area (Å²) in [6, 6.07) is 6.28. The van der Waals surface area contributed by atoms with Gasteiger partial charge in [-0.3, -0.25) is 10.1 Å². The Hall–Kier alpha value is -2.58. The van der Waals surface area contributed by atoms with E-state index in [0.717, 1.165) is 5.56 Å². The molecule has 1 aromatic heterocycles. The number of benzene rings is 1. The monoisotopic (exact) mass is 304 g/mol. The summed E-state index contributed by atoms with van der Waals surface area (Å²) in [6.45, 7) is 1.33. The van der Waals surface area contributed by atoms with Gasteiger partial charge < -0.3 is 9.47 Å². The quantitative estimate of drug-likeness (QED) is 0.320. The highest BCUT2D eigenvalue weighted by Crippen LogP contribution is 2.13. The molecule has 0 saturated heterocycles. The highest BCUT2D eigenvalue weighted by atomic mass is 16.7. The molecule has 0 aliphatic carbocycles. The number of rotatable bonds is 8. The second-order valence-corrected chi connectivity index (χ2v) is 4.40. The van der Waals surface area contributed by atoms with Crippen molar-refractivity contribution in [1.82, 2.24) is 15.0 Å². The summed E-state index contributed by atoms with van der Waals surface area (Å²) in [5.74, 6) is 0. The average Bonchev–Trinajstić information content (AvgIpc) is 2.98. The fourth-order valence-corrected chi connectivity index (χ4v) is 1.69. The smallest absolute Gasteiger partial charge is 0.269 e. The molecular formula is C14H16N4O4. The van der Waals surface area contributed by atoms with Crippen LogP contribution in [0.15, 0.2) is 30.5 Å². The van der Waals surface area contributed by atoms with Gasteiger partial charge in [-0.2, -0.15) is 0 Å². The van der Waals surface area contributed by atoms with E-state index < -0.39 is 4.92 Å². The Kier molecular flexibility index (Phi) is 5.75. The van der Waals surface area contributed by atoms with E-state index in [-0.39, 0.29) is 12.5 Å². The molecule has 0 saturated carbocycles. The molecule has 0 fully saturated rings. The first kappa shape index (κ1) is 15.8. The van der Waals surface area contributed by atoms with Gasteiger partial charge in [-0.25, -0.2) is 4.68 Å². The molecule has 0 aliphatic heterocycles. The molecule has 2 rings (SSSR count). The van der Waals surface area contributed by atoms with Gasteiger partial charge in [-0.1, -0.05) is 11.3 Å². The first-order valence-corrected chi connectivity index (χ1v) is 6.58. The minimum atomic E-state index is -0.426. The van der Waals surface area contributed by atoms with Gasteiger partial charge in [-0.15, -0.1) is 5.10 Å². The third kappa shape index (κ3) is 4.76. The number of methoxy groups -OCH3 is 1. The number of hydrogen-bond acceptors (Lipinski definition) is 6. The third-order valence-corrected chi connectivity index (χ3v) is 2.77. The predicted molar refractivity (Wildman–Crippen MR) is 79.9 cm³/mol. The van der Waals surface area contributed by atoms with Gasteiger partial charge in [0, 0.05) is 19.2 Å². The lowest BCUT2D eigenvalue weighted by Crippen LogP contribution is -2.07. The summed E-state index contributed by atoms with van der Waals surface area (Å²) in [5.41, 5.74) is 1.62. The lowest BCUT2D eigenvalue weighted by Gasteiger charge is -2.01. The van der Waals surface area contributed by atoms with Crippen molar-refractivity contribution < 1.29 is 14.4 Å². The Balaban J connectivity index is 1.90. The Morgan fingerprint density at radius 2 is 2.09 bits per heavy atom. The SMILES string of the molecule is COCOCCn1cc(/C=C/c2ccc([N+](=O)[O-])cc2)nn1. The van der Waals surface area contributed by atoms with E-state index in [1.807, 2.05) is 6.08 Å². The fraction of sp³-hybridized carbons (Fsp3) is 0.286. The van der Waals surface area contributed by atoms with E-state index in [0.29, 0.717) is 18.8 Å². The zero-order valence-electron chi connectivity index (χ0n) is 12.1. The van der Waals surface area contributed by atoms with E-state index in [1.54, 1.807) is 36.2 Å². The zero-order valence-corrected chi connectivity index (χ0v) is 12.1. The number of hydrogen-bond donors (Lipinski definition) is 0. The standard InChI is InChI=1S/C14H16N4O4/c1-21-11-22-9-8-17-10-13(15-16-17)5-2-12-3-6-14(7-4-12)18(19)20/h2-7,10H,8-9,11H2,1H3/b5-2+. The van der Waals surface area contributed by atoms with Crippen molar-refractivity contribution in [3.05, 3.63) is 51.8 Å². The van der Waals surface area contributed by atoms with E-state index in [4.69, 9.17) is 9.47 Å². The van der Waals surface area contributed by atoms with Crippen LogP contribution in [0.1, 0.15) is 11.3 Å². The van der Waals surface area contributed by atoms with E-state index in [2.05, 4.69) is 10.3 Å². The maximum absolute atomic E-state index is 10.6. The largest absolute Gasteiger partial charge is 0.359 e. The molecule has 0 spiro atoms. The molecule has 1 aromatic carbocycles. The van der Waals surface area contributed by atoms with Crippen molar-refractivity contribution in [2.24, 2.45) is 0 Å². The molecule has 8 heteroatoms. The molecular weight excluding hydrogens is 288 g/mol. The minimum absolute atomic E-state index is 0.0687. The van der Waals surface area contributed by atoms with Gasteiger partial charge in [0.05, 0.1) is 24.3 Å². The molecule has 0 aliphatic rings. The van der Waals surface area contributed by atoms with Crippen molar-refractivity contribution in [2.45, 2.75) is 6.54 Å². The molecule has 22 heavy (non-hydrogen) atoms. The highest BCUT2D eigenvalue weighted by Gasteiger charge is 2.02. The van der Waals surface area contributed by atoms with Crippen molar-refractivity contribution in [2.75, 3.05) is 20.5 Å². The Morgan fingerprint density at radius 3 is 2.77 bits per heavy atom. The van der Waals surface area contributed by atoms with Gasteiger partial charge in [-0.05, 0) is 23.8 Å². The molecule has 1 heterocycles. The summed E-state index contributed by atoms with van der Waals surface area (Å²) in [4.78, 5) is 10.1. The van der Waals surface area contributed by atoms with Crippen LogP contribution in [-0.2, 0) is 16.0 Å². The van der Waals surface area contributed by atoms with Crippen LogP contribution in [0.2, 0.25) is 0 Å². The van der Waals surface area contributed by atoms with Gasteiger partial charge in [0.2, 0.25) is 0 Å². The number of nitrogens with zero attached hydrogens (tertiary/aromatic N) is 4. The van der Waals surface area contributed by atoms with Crippen LogP contribution >= 0.6 is 0 Å². The van der Waals surface area contributed by atoms with Crippen LogP contribution in [0.5, 0.6) is 0 Å². The van der Waals surface area contributed by atoms with Crippen LogP contribution in [0.3, 0.4) is 0 Å². The second kappa shape index (κ2) is 8.01. The van der Waals surface area contributed by atoms with Crippen molar-refractivity contribution in [1.29, 1.82) is 0 Å². The number of ether oxygens (including phenoxy) is 2. The first-order chi connectivity index (χ1) is 10.7. The maximum Gasteiger partial charge on any atom is 0.269 e. The van der Waals surface area contributed by atoms with Crippen LogP contribution < -0.4 is 0 Å². The summed E-state index contributed by atoms with van der Waals surface area (Å²) in [7, 11) is 1.57. The van der Waals surface area contributed by atoms with Crippen LogP contribution in [0, 0.1) is 10.1 Å². The van der Waals surface area contributed by atoms with Gasteiger partial charge in [0.15, 0.2) is 0 Å². The molecule has 8 nitrogen and oxygen atoms in total. The Labute approximate surface area is 127 Å². The topological polar surface area (TPSA) is 92.3 Å². The lowest BCUT2D eigenvalue weighted by atomic mass is 10.2.